The molecule has 3 aliphatic carbocycles. The van der Waals surface area contributed by atoms with E-state index in [1.54, 1.807) is 0 Å². The molecule has 15 heteroatoms. The summed E-state index contributed by atoms with van der Waals surface area (Å²) in [5, 5.41) is 7.79. The van der Waals surface area contributed by atoms with Crippen molar-refractivity contribution in [3.8, 4) is 84.8 Å². The monoisotopic (exact) mass is 2260 g/mol. The van der Waals surface area contributed by atoms with E-state index in [9.17, 15) is 0 Å². The molecule has 6 atom stereocenters. The molecule has 9 nitrogen and oxygen atoms in total. The van der Waals surface area contributed by atoms with Gasteiger partial charge in [0.25, 0.3) is 0 Å². The van der Waals surface area contributed by atoms with Crippen molar-refractivity contribution < 1.29 is 74.5 Å². The molecule has 0 saturated carbocycles. The van der Waals surface area contributed by atoms with Gasteiger partial charge in [-0.25, -0.2) is 0 Å². The van der Waals surface area contributed by atoms with E-state index < -0.39 is 24.2 Å². The molecule has 6 aliphatic rings. The predicted octanol–water partition coefficient (Wildman–Crippen LogP) is 25.8. The van der Waals surface area contributed by atoms with Crippen LogP contribution in [-0.4, -0.2) is 72.4 Å². The molecule has 128 heavy (non-hydrogen) atoms. The van der Waals surface area contributed by atoms with E-state index >= 15 is 0 Å². The molecule has 0 spiro atoms. The Kier molecular flexibility index (Phi) is 30.2. The van der Waals surface area contributed by atoms with Crippen LogP contribution >= 0.6 is 0 Å². The number of para-hydroxylation sites is 3. The number of allylic oxidation sites excluding steroid dienone is 6. The minimum Gasteiger partial charge on any atom is -0.505 e. The van der Waals surface area contributed by atoms with Gasteiger partial charge in [-0.2, -0.15) is 0 Å². The normalized spacial score (nSPS) is 16.6. The number of hydrogen-bond donors (Lipinski definition) is 0. The summed E-state index contributed by atoms with van der Waals surface area (Å²) >= 11 is 0. The summed E-state index contributed by atoms with van der Waals surface area (Å²) < 4.78 is 18.2. The molecule has 9 aromatic carbocycles. The zero-order valence-electron chi connectivity index (χ0n) is 75.4. The van der Waals surface area contributed by atoms with Gasteiger partial charge < -0.3 is 29.2 Å². The van der Waals surface area contributed by atoms with Crippen LogP contribution in [0.5, 0.6) is 17.2 Å². The van der Waals surface area contributed by atoms with Gasteiger partial charge in [-0.05, 0) is 127 Å². The smallest absolute Gasteiger partial charge is 0.117 e. The van der Waals surface area contributed by atoms with Gasteiger partial charge >= 0.3 is 0 Å². The molecule has 0 amide bonds. The van der Waals surface area contributed by atoms with E-state index in [4.69, 9.17) is 34.1 Å². The zero-order valence-corrected chi connectivity index (χ0v) is 85.6. The van der Waals surface area contributed by atoms with Crippen LogP contribution in [0.4, 0.5) is 0 Å². The van der Waals surface area contributed by atoms with Crippen LogP contribution in [0.1, 0.15) is 83.0 Å². The maximum atomic E-state index is 6.07. The van der Waals surface area contributed by atoms with Crippen LogP contribution in [0.25, 0.3) is 100 Å². The van der Waals surface area contributed by atoms with Crippen molar-refractivity contribution in [3.05, 3.63) is 397 Å². The average molecular weight is 2260 g/mol. The third-order valence-corrected chi connectivity index (χ3v) is 29.7. The summed E-state index contributed by atoms with van der Waals surface area (Å²) in [7, 11) is -3.95. The molecule has 6 unspecified atom stereocenters. The number of ether oxygens (including phenoxy) is 3. The molecule has 3 aliphatic heterocycles. The van der Waals surface area contributed by atoms with Crippen molar-refractivity contribution >= 4 is 72.5 Å². The molecule has 0 fully saturated rings. The molecular weight excluding hydrogens is 2150 g/mol. The van der Waals surface area contributed by atoms with E-state index in [1.807, 2.05) is 121 Å². The second-order valence-electron chi connectivity index (χ2n) is 37.0. The molecule has 6 aromatic heterocycles. The number of rotatable bonds is 9. The Morgan fingerprint density at radius 1 is 0.305 bits per heavy atom. The van der Waals surface area contributed by atoms with E-state index in [1.165, 1.54) is 60.1 Å². The first kappa shape index (κ1) is 94.7. The summed E-state index contributed by atoms with van der Waals surface area (Å²) in [6.45, 7) is 36.7. The zero-order chi connectivity index (χ0) is 87.3. The van der Waals surface area contributed by atoms with Crippen molar-refractivity contribution in [2.24, 2.45) is 0 Å². The maximum Gasteiger partial charge on any atom is 0.117 e. The number of aromatic nitrogens is 6. The van der Waals surface area contributed by atoms with Gasteiger partial charge in [0.05, 0.1) is 40.8 Å². The summed E-state index contributed by atoms with van der Waals surface area (Å²) in [4.78, 5) is 28.2. The van der Waals surface area contributed by atoms with E-state index in [0.717, 1.165) is 118 Å². The molecule has 3 radical (unpaired) electrons. The van der Waals surface area contributed by atoms with Crippen LogP contribution in [-0.2, 0) is 65.7 Å². The molecular formula is C113H106Ir3N6O3Si3-6. The third kappa shape index (κ3) is 22.1. The Balaban J connectivity index is 0.000000131. The van der Waals surface area contributed by atoms with Gasteiger partial charge in [-0.3, -0.25) is 15.0 Å². The van der Waals surface area contributed by atoms with Gasteiger partial charge in [0.15, 0.2) is 0 Å². The SMILES string of the molecule is Cc1cc(-c2[c-]cccc2)ncc1[Si](C)(C)C.Cc1cc[c-]c(-c2cc(C(C)(C)C)c([Si](C)(C)C)cn2)c1.Cc1cc[c-]c(-c2cc(C)c([Si](C)(C)C)cn2)c1.[Ir].[Ir].[Ir].[c-]1cc2c(cc1-c1ccc3ccccc3n1)OC1C=CC=CC21.[c-]1cc2c(cc1-c1ccc3ccccc3n1)OC1C=CC=CC21.[c-]1cc2c(cc1-c1ccc3ccccc3n1)OC1C=CC=CC21. The quantitative estimate of drug-likeness (QED) is 0.103. The van der Waals surface area contributed by atoms with Crippen molar-refractivity contribution in [1.29, 1.82) is 0 Å². The number of hydrogen-bond acceptors (Lipinski definition) is 9. The number of fused-ring (bicyclic) bond motifs is 12. The van der Waals surface area contributed by atoms with E-state index in [2.05, 4.69) is 348 Å². The summed E-state index contributed by atoms with van der Waals surface area (Å²) in [5.74, 6) is 3.76. The maximum absolute atomic E-state index is 6.07. The molecule has 651 valence electrons. The summed E-state index contributed by atoms with van der Waals surface area (Å²) in [6, 6.07) is 96.2. The molecule has 15 aromatic rings. The fourth-order valence-corrected chi connectivity index (χ4v) is 21.9. The van der Waals surface area contributed by atoms with E-state index in [-0.39, 0.29) is 84.0 Å². The Bertz CT molecular complexity index is 6330. The minimum absolute atomic E-state index is 0. The second-order valence-corrected chi connectivity index (χ2v) is 52.1. The van der Waals surface area contributed by atoms with E-state index in [0.29, 0.717) is 17.8 Å². The molecule has 9 heterocycles. The van der Waals surface area contributed by atoms with Crippen molar-refractivity contribution in [2.45, 2.75) is 149 Å². The van der Waals surface area contributed by atoms with Gasteiger partial charge in [-0.15, -0.1) is 178 Å². The minimum atomic E-state index is -1.40. The van der Waals surface area contributed by atoms with Crippen molar-refractivity contribution in [2.75, 3.05) is 0 Å². The Labute approximate surface area is 800 Å². The molecule has 21 rings (SSSR count). The van der Waals surface area contributed by atoms with Crippen LogP contribution in [0.3, 0.4) is 0 Å². The molecule has 0 N–H and O–H groups in total. The average Bonchev–Trinajstić information content (AvgIpc) is 1.68. The number of benzene rings is 9. The second kappa shape index (κ2) is 40.8. The number of aryl methyl sites for hydroxylation is 4. The standard InChI is InChI=1S/3C21H14NO.C19H26NSi.C16H20NSi.C15H18NSi.3Ir/c3*1-3-7-18-14(5-1)10-12-19(22-18)15-9-11-17-16-6-2-4-8-20(16)23-21(17)13-15;1-14-9-8-10-15(11-14)17-12-16(19(2,3)4)18(13-20-17)21(5,6)7;1-12-7-6-8-14(9-12)15-10-13(2)16(11-17-15)18(3,4)5;1-12-10-14(13-8-6-5-7-9-13)16-11-15(12)17(2,3)4;;;/h3*1-8,10-13,16,20H;8-9,11-13H,1-7H3;6-7,9-11H,1-5H3;5-8,10-11H,1-4H3;;;/q6*-1;;;. The topological polar surface area (TPSA) is 105 Å². The van der Waals surface area contributed by atoms with Crippen molar-refractivity contribution in [3.63, 3.8) is 0 Å². The first-order valence-electron chi connectivity index (χ1n) is 43.3. The Morgan fingerprint density at radius 3 is 0.961 bits per heavy atom. The fraction of sp³-hybridized carbons (Fsp3) is 0.204. The predicted molar refractivity (Wildman–Crippen MR) is 526 cm³/mol. The first-order valence-corrected chi connectivity index (χ1v) is 53.8. The molecule has 0 saturated heterocycles. The Morgan fingerprint density at radius 2 is 0.625 bits per heavy atom. The molecule has 0 bridgehead atoms. The van der Waals surface area contributed by atoms with Crippen LogP contribution < -0.4 is 29.8 Å². The first-order chi connectivity index (χ1) is 60.1. The number of pyridine rings is 6. The van der Waals surface area contributed by atoms with Gasteiger partial charge in [0.1, 0.15) is 18.3 Å². The summed E-state index contributed by atoms with van der Waals surface area (Å²) in [5.41, 5.74) is 25.4. The number of nitrogens with zero attached hydrogens (tertiary/aromatic N) is 6. The van der Waals surface area contributed by atoms with Crippen molar-refractivity contribution in [1.82, 2.24) is 29.9 Å². The van der Waals surface area contributed by atoms with Crippen LogP contribution in [0.2, 0.25) is 58.9 Å². The third-order valence-electron chi connectivity index (χ3n) is 23.4. The summed E-state index contributed by atoms with van der Waals surface area (Å²) in [6.07, 6.45) is 31.9. The van der Waals surface area contributed by atoms with Crippen LogP contribution in [0.15, 0.2) is 316 Å². The largest absolute Gasteiger partial charge is 0.505 e. The van der Waals surface area contributed by atoms with Gasteiger partial charge in [0, 0.05) is 114 Å². The van der Waals surface area contributed by atoms with Gasteiger partial charge in [-0.1, -0.05) is 285 Å². The van der Waals surface area contributed by atoms with Gasteiger partial charge in [0.2, 0.25) is 0 Å². The van der Waals surface area contributed by atoms with Crippen LogP contribution in [0, 0.1) is 64.1 Å². The Hall–Kier alpha value is -10.9. The fourth-order valence-electron chi connectivity index (χ4n) is 16.8.